The van der Waals surface area contributed by atoms with Crippen LogP contribution in [0.3, 0.4) is 0 Å². The van der Waals surface area contributed by atoms with E-state index in [-0.39, 0.29) is 59.6 Å². The molecule has 0 aromatic rings. The molecule has 0 aromatic carbocycles. The van der Waals surface area contributed by atoms with Gasteiger partial charge >= 0.3 is 21.1 Å². The van der Waals surface area contributed by atoms with Gasteiger partial charge in [-0.3, -0.25) is 0 Å². The molecule has 0 saturated heterocycles. The van der Waals surface area contributed by atoms with Crippen LogP contribution in [0, 0.1) is 0 Å². The third-order valence-electron chi connectivity index (χ3n) is 2.72. The van der Waals surface area contributed by atoms with E-state index in [1.54, 1.807) is 41.5 Å². The molecule has 0 aliphatic rings. The topological polar surface area (TPSA) is 241 Å². The Morgan fingerprint density at radius 2 is 0.405 bits per heavy atom. The van der Waals surface area contributed by atoms with Crippen molar-refractivity contribution in [1.29, 1.82) is 0 Å². The van der Waals surface area contributed by atoms with Crippen molar-refractivity contribution < 1.29 is 80.5 Å². The van der Waals surface area contributed by atoms with Crippen molar-refractivity contribution in [3.63, 3.8) is 0 Å². The monoisotopic (exact) mass is 620 g/mol. The van der Waals surface area contributed by atoms with Crippen LogP contribution in [0.2, 0.25) is 0 Å². The maximum atomic E-state index is 9.49. The fraction of sp³-hybridized carbons (Fsp3) is 0.750. The number of carbonyl (C=O) groups excluding carboxylic acids is 6. The Morgan fingerprint density at radius 1 is 0.324 bits per heavy atom. The molecule has 0 unspecified atom stereocenters. The van der Waals surface area contributed by atoms with Crippen LogP contribution in [-0.2, 0) is 49.8 Å². The Balaban J connectivity index is -0.0000000581. The van der Waals surface area contributed by atoms with E-state index in [0.717, 1.165) is 0 Å². The van der Waals surface area contributed by atoms with E-state index in [0.29, 0.717) is 38.5 Å². The Bertz CT molecular complexity index is 428. The van der Waals surface area contributed by atoms with Gasteiger partial charge in [0.15, 0.2) is 0 Å². The summed E-state index contributed by atoms with van der Waals surface area (Å²) in [6.07, 6.45) is 5.10. The van der Waals surface area contributed by atoms with Crippen molar-refractivity contribution >= 4 is 35.8 Å². The van der Waals surface area contributed by atoms with Gasteiger partial charge in [-0.25, -0.2) is 0 Å². The molecule has 0 bridgehead atoms. The molecule has 0 radical (unpaired) electrons. The molecular formula is C24H42MoO12. The number of carboxylic acids is 6. The van der Waals surface area contributed by atoms with Crippen molar-refractivity contribution in [2.45, 2.75) is 119 Å². The first kappa shape index (κ1) is 51.2. The van der Waals surface area contributed by atoms with E-state index in [9.17, 15) is 59.4 Å². The van der Waals surface area contributed by atoms with Gasteiger partial charge in [-0.05, 0) is 38.5 Å². The minimum atomic E-state index is -0.961. The number of carbonyl (C=O) groups is 6. The molecule has 0 atom stereocenters. The van der Waals surface area contributed by atoms with Crippen LogP contribution in [-0.4, -0.2) is 35.8 Å². The fourth-order valence-electron chi connectivity index (χ4n) is 1.22. The molecule has 0 heterocycles. The molecule has 13 heteroatoms. The predicted molar refractivity (Wildman–Crippen MR) is 119 cm³/mol. The number of aliphatic carboxylic acids is 6. The van der Waals surface area contributed by atoms with Crippen LogP contribution in [0.1, 0.15) is 119 Å². The second-order valence-electron chi connectivity index (χ2n) is 6.73. The smallest absolute Gasteiger partial charge is 0.550 e. The Kier molecular flexibility index (Phi) is 64.8. The SMILES string of the molecule is CCCC(=O)[O-].CCCC(=O)[O-].CCCC(=O)[O-].CCCC(=O)[O-].CCCC(=O)[O-].CCCC(=O)[O-].[Mo+6]. The van der Waals surface area contributed by atoms with Crippen molar-refractivity contribution in [2.75, 3.05) is 0 Å². The van der Waals surface area contributed by atoms with Crippen LogP contribution in [0.4, 0.5) is 0 Å². The van der Waals surface area contributed by atoms with Crippen molar-refractivity contribution in [1.82, 2.24) is 0 Å². The molecule has 216 valence electrons. The first-order valence-corrected chi connectivity index (χ1v) is 11.8. The van der Waals surface area contributed by atoms with Crippen LogP contribution >= 0.6 is 0 Å². The number of rotatable bonds is 12. The van der Waals surface area contributed by atoms with Gasteiger partial charge in [0, 0.05) is 35.8 Å². The summed E-state index contributed by atoms with van der Waals surface area (Å²) in [6, 6.07) is 0. The van der Waals surface area contributed by atoms with Gasteiger partial charge in [0.1, 0.15) is 0 Å². The summed E-state index contributed by atoms with van der Waals surface area (Å²) >= 11 is 0. The minimum Gasteiger partial charge on any atom is -0.550 e. The van der Waals surface area contributed by atoms with Crippen molar-refractivity contribution in [3.05, 3.63) is 0 Å². The first-order valence-electron chi connectivity index (χ1n) is 11.8. The predicted octanol–water partition coefficient (Wildman–Crippen LogP) is -2.78. The molecule has 0 aliphatic carbocycles. The number of hydrogen-bond acceptors (Lipinski definition) is 12. The number of carboxylic acid groups (broad SMARTS) is 6. The first-order chi connectivity index (χ1) is 16.6. The van der Waals surface area contributed by atoms with Crippen molar-refractivity contribution in [3.8, 4) is 0 Å². The molecule has 0 rings (SSSR count). The molecule has 0 N–H and O–H groups in total. The quantitative estimate of drug-likeness (QED) is 0.202. The fourth-order valence-corrected chi connectivity index (χ4v) is 1.22. The summed E-state index contributed by atoms with van der Waals surface area (Å²) in [5.74, 6) is -5.76. The summed E-state index contributed by atoms with van der Waals surface area (Å²) in [7, 11) is 0. The average molecular weight is 619 g/mol. The molecule has 0 amide bonds. The molecule has 0 spiro atoms. The van der Waals surface area contributed by atoms with Gasteiger partial charge < -0.3 is 59.4 Å². The standard InChI is InChI=1S/6C4H8O2.Mo/c6*1-2-3-4(5)6;/h6*2-3H2,1H3,(H,5,6);/q;;;;;;+6/p-6. The van der Waals surface area contributed by atoms with Gasteiger partial charge in [-0.15, -0.1) is 0 Å². The summed E-state index contributed by atoms with van der Waals surface area (Å²) in [6.45, 7) is 10.8. The van der Waals surface area contributed by atoms with Gasteiger partial charge in [0.2, 0.25) is 0 Å². The third kappa shape index (κ3) is 138. The van der Waals surface area contributed by atoms with Gasteiger partial charge in [0.25, 0.3) is 0 Å². The largest absolute Gasteiger partial charge is 6.00 e. The van der Waals surface area contributed by atoms with E-state index >= 15 is 0 Å². The van der Waals surface area contributed by atoms with Gasteiger partial charge in [0.05, 0.1) is 0 Å². The Hall–Kier alpha value is -2.49. The van der Waals surface area contributed by atoms with Gasteiger partial charge in [-0.1, -0.05) is 80.1 Å². The normalized spacial score (nSPS) is 7.95. The summed E-state index contributed by atoms with van der Waals surface area (Å²) < 4.78 is 0. The van der Waals surface area contributed by atoms with E-state index in [2.05, 4.69) is 0 Å². The third-order valence-corrected chi connectivity index (χ3v) is 2.72. The Labute approximate surface area is 234 Å². The molecular weight excluding hydrogens is 576 g/mol. The summed E-state index contributed by atoms with van der Waals surface area (Å²) in [4.78, 5) is 56.9. The zero-order valence-corrected chi connectivity index (χ0v) is 24.8. The molecule has 0 aromatic heterocycles. The molecule has 0 aliphatic heterocycles. The minimum absolute atomic E-state index is 0. The molecule has 37 heavy (non-hydrogen) atoms. The van der Waals surface area contributed by atoms with Gasteiger partial charge in [-0.2, -0.15) is 0 Å². The maximum Gasteiger partial charge on any atom is 6.00 e. The van der Waals surface area contributed by atoms with E-state index in [1.807, 2.05) is 0 Å². The van der Waals surface area contributed by atoms with Crippen LogP contribution < -0.4 is 30.6 Å². The molecule has 12 nitrogen and oxygen atoms in total. The summed E-state index contributed by atoms with van der Waals surface area (Å²) in [5.41, 5.74) is 0. The van der Waals surface area contributed by atoms with Crippen LogP contribution in [0.5, 0.6) is 0 Å². The van der Waals surface area contributed by atoms with Crippen LogP contribution in [0.15, 0.2) is 0 Å². The van der Waals surface area contributed by atoms with E-state index in [1.165, 1.54) is 0 Å². The van der Waals surface area contributed by atoms with Crippen molar-refractivity contribution in [2.24, 2.45) is 0 Å². The molecule has 0 saturated carbocycles. The van der Waals surface area contributed by atoms with E-state index in [4.69, 9.17) is 0 Å². The maximum absolute atomic E-state index is 9.49. The summed E-state index contributed by atoms with van der Waals surface area (Å²) in [5, 5.41) is 56.9. The van der Waals surface area contributed by atoms with E-state index < -0.39 is 35.8 Å². The second kappa shape index (κ2) is 46.8. The average Bonchev–Trinajstić information content (AvgIpc) is 2.69. The zero-order valence-electron chi connectivity index (χ0n) is 22.8. The number of hydrogen-bond donors (Lipinski definition) is 0. The second-order valence-corrected chi connectivity index (χ2v) is 6.73. The molecule has 0 fully saturated rings. The Morgan fingerprint density at radius 3 is 0.405 bits per heavy atom. The van der Waals surface area contributed by atoms with Crippen LogP contribution in [0.25, 0.3) is 0 Å². The zero-order chi connectivity index (χ0) is 29.9.